The van der Waals surface area contributed by atoms with Crippen LogP contribution >= 0.6 is 0 Å². The first-order valence-electron chi connectivity index (χ1n) is 18.0. The standard InChI is InChI=1S/C45H51FO3/c1-7-9-34-23-38(45(4,5)6)25-41(46)43(34)42(48)24-33-10-8-11-39(40(33)26-47)36-18-27(2)44(49)37(22-36)19-29-12-14-30(15-13-29)35-20-31-16-17-32(21-35)28(31)3/h7-15,18,22-23,25,28,31-32,35,47,49H,16-17,19-21,24,26H2,1-6H3. The summed E-state index contributed by atoms with van der Waals surface area (Å²) in [7, 11) is 0. The van der Waals surface area contributed by atoms with Crippen molar-refractivity contribution in [3.8, 4) is 16.9 Å². The van der Waals surface area contributed by atoms with Crippen LogP contribution in [0.4, 0.5) is 4.39 Å². The molecule has 0 radical (unpaired) electrons. The number of aliphatic hydroxyl groups is 1. The summed E-state index contributed by atoms with van der Waals surface area (Å²) in [5, 5.41) is 21.8. The Balaban J connectivity index is 1.26. The Morgan fingerprint density at radius 2 is 1.65 bits per heavy atom. The Kier molecular flexibility index (Phi) is 10.0. The Labute approximate surface area is 291 Å². The molecule has 0 spiro atoms. The quantitative estimate of drug-likeness (QED) is 0.176. The highest BCUT2D eigenvalue weighted by Crippen LogP contribution is 2.51. The van der Waals surface area contributed by atoms with E-state index in [1.165, 1.54) is 37.3 Å². The summed E-state index contributed by atoms with van der Waals surface area (Å²) in [5.41, 5.74) is 8.27. The zero-order valence-corrected chi connectivity index (χ0v) is 29.9. The zero-order valence-electron chi connectivity index (χ0n) is 29.9. The second-order valence-corrected chi connectivity index (χ2v) is 15.7. The first kappa shape index (κ1) is 34.8. The number of aliphatic hydroxyl groups excluding tert-OH is 1. The fraction of sp³-hybridized carbons (Fsp3) is 0.400. The van der Waals surface area contributed by atoms with Gasteiger partial charge in [-0.2, -0.15) is 0 Å². The number of allylic oxidation sites excluding steroid dienone is 1. The first-order chi connectivity index (χ1) is 23.4. The lowest BCUT2D eigenvalue weighted by Gasteiger charge is -2.33. The predicted octanol–water partition coefficient (Wildman–Crippen LogP) is 10.9. The van der Waals surface area contributed by atoms with Gasteiger partial charge in [0.25, 0.3) is 0 Å². The summed E-state index contributed by atoms with van der Waals surface area (Å²) < 4.78 is 15.6. The maximum Gasteiger partial charge on any atom is 0.170 e. The maximum absolute atomic E-state index is 15.6. The van der Waals surface area contributed by atoms with Crippen molar-refractivity contribution in [2.24, 2.45) is 17.8 Å². The van der Waals surface area contributed by atoms with E-state index in [4.69, 9.17) is 0 Å². The van der Waals surface area contributed by atoms with Gasteiger partial charge in [0.1, 0.15) is 11.6 Å². The van der Waals surface area contributed by atoms with Gasteiger partial charge < -0.3 is 10.2 Å². The van der Waals surface area contributed by atoms with Gasteiger partial charge in [0.15, 0.2) is 5.78 Å². The van der Waals surface area contributed by atoms with Crippen LogP contribution in [0.1, 0.15) is 121 Å². The predicted molar refractivity (Wildman–Crippen MR) is 199 cm³/mol. The molecule has 2 saturated carbocycles. The third-order valence-electron chi connectivity index (χ3n) is 11.5. The van der Waals surface area contributed by atoms with Crippen LogP contribution in [0.3, 0.4) is 0 Å². The molecule has 0 aromatic heterocycles. The van der Waals surface area contributed by atoms with E-state index in [-0.39, 0.29) is 35.5 Å². The van der Waals surface area contributed by atoms with E-state index in [1.807, 2.05) is 77.1 Å². The van der Waals surface area contributed by atoms with Gasteiger partial charge in [-0.25, -0.2) is 4.39 Å². The molecule has 2 aliphatic carbocycles. The summed E-state index contributed by atoms with van der Waals surface area (Å²) in [6.45, 7) is 12.0. The van der Waals surface area contributed by atoms with Crippen LogP contribution < -0.4 is 0 Å². The van der Waals surface area contributed by atoms with Crippen molar-refractivity contribution >= 4 is 11.9 Å². The molecule has 2 fully saturated rings. The minimum Gasteiger partial charge on any atom is -0.507 e. The molecule has 3 nitrogen and oxygen atoms in total. The van der Waals surface area contributed by atoms with Crippen molar-refractivity contribution in [3.05, 3.63) is 129 Å². The molecule has 4 heteroatoms. The van der Waals surface area contributed by atoms with Crippen molar-refractivity contribution in [2.75, 3.05) is 0 Å². The average Bonchev–Trinajstić information content (AvgIpc) is 3.25. The van der Waals surface area contributed by atoms with Crippen molar-refractivity contribution in [2.45, 2.75) is 98.0 Å². The second kappa shape index (κ2) is 14.1. The van der Waals surface area contributed by atoms with Crippen molar-refractivity contribution < 1.29 is 19.4 Å². The number of Topliss-reactive ketones (excluding diaryl/α,β-unsaturated/α-hetero) is 1. The van der Waals surface area contributed by atoms with Crippen LogP contribution in [0.25, 0.3) is 17.2 Å². The fourth-order valence-electron chi connectivity index (χ4n) is 8.56. The monoisotopic (exact) mass is 658 g/mol. The van der Waals surface area contributed by atoms with E-state index < -0.39 is 5.82 Å². The molecule has 0 aliphatic heterocycles. The van der Waals surface area contributed by atoms with Crippen molar-refractivity contribution in [3.63, 3.8) is 0 Å². The minimum atomic E-state index is -0.528. The molecule has 2 aliphatic rings. The van der Waals surface area contributed by atoms with Gasteiger partial charge >= 0.3 is 0 Å². The van der Waals surface area contributed by atoms with Gasteiger partial charge in [0.05, 0.1) is 12.2 Å². The third-order valence-corrected chi connectivity index (χ3v) is 11.5. The average molecular weight is 659 g/mol. The number of phenolic OH excluding ortho intramolecular Hbond substituents is 1. The third kappa shape index (κ3) is 7.17. The Morgan fingerprint density at radius 3 is 2.29 bits per heavy atom. The molecule has 256 valence electrons. The zero-order chi connectivity index (χ0) is 35.0. The highest BCUT2D eigenvalue weighted by atomic mass is 19.1. The summed E-state index contributed by atoms with van der Waals surface area (Å²) in [5.74, 6) is 2.65. The van der Waals surface area contributed by atoms with Gasteiger partial charge in [-0.3, -0.25) is 4.79 Å². The van der Waals surface area contributed by atoms with E-state index in [0.717, 1.165) is 51.1 Å². The lowest BCUT2D eigenvalue weighted by atomic mass is 9.72. The number of aromatic hydroxyl groups is 1. The number of halogens is 1. The van der Waals surface area contributed by atoms with Gasteiger partial charge in [-0.05, 0) is 142 Å². The van der Waals surface area contributed by atoms with Gasteiger partial charge in [-0.1, -0.05) is 88.4 Å². The number of fused-ring (bicyclic) bond motifs is 2. The number of rotatable bonds is 9. The SMILES string of the molecule is CC=Cc1cc(C(C)(C)C)cc(F)c1C(=O)Cc1cccc(-c2cc(C)c(O)c(Cc3ccc(C4CC5CCC(C4)C5C)cc3)c2)c1CO. The second-order valence-electron chi connectivity index (χ2n) is 15.7. The molecule has 2 N–H and O–H groups in total. The Hall–Kier alpha value is -4.02. The van der Waals surface area contributed by atoms with E-state index in [9.17, 15) is 15.0 Å². The topological polar surface area (TPSA) is 57.5 Å². The molecule has 6 rings (SSSR count). The number of aryl methyl sites for hydroxylation is 1. The lowest BCUT2D eigenvalue weighted by molar-refractivity contribution is 0.0988. The highest BCUT2D eigenvalue weighted by molar-refractivity contribution is 6.01. The van der Waals surface area contributed by atoms with Crippen LogP contribution in [0, 0.1) is 30.5 Å². The molecule has 2 bridgehead atoms. The van der Waals surface area contributed by atoms with E-state index in [2.05, 4.69) is 31.2 Å². The van der Waals surface area contributed by atoms with Gasteiger partial charge in [0, 0.05) is 12.8 Å². The molecule has 2 unspecified atom stereocenters. The van der Waals surface area contributed by atoms with Crippen LogP contribution in [0.15, 0.2) is 72.8 Å². The highest BCUT2D eigenvalue weighted by Gasteiger charge is 2.40. The van der Waals surface area contributed by atoms with Crippen LogP contribution in [-0.4, -0.2) is 16.0 Å². The Morgan fingerprint density at radius 1 is 0.959 bits per heavy atom. The normalized spacial score (nSPS) is 20.7. The van der Waals surface area contributed by atoms with Crippen LogP contribution in [0.5, 0.6) is 5.75 Å². The number of hydrogen-bond acceptors (Lipinski definition) is 3. The van der Waals surface area contributed by atoms with Gasteiger partial charge in [0.2, 0.25) is 0 Å². The molecular weight excluding hydrogens is 607 g/mol. The summed E-state index contributed by atoms with van der Waals surface area (Å²) in [6.07, 6.45) is 9.50. The van der Waals surface area contributed by atoms with E-state index in [1.54, 1.807) is 6.08 Å². The van der Waals surface area contributed by atoms with Crippen LogP contribution in [0.2, 0.25) is 0 Å². The van der Waals surface area contributed by atoms with Gasteiger partial charge in [-0.15, -0.1) is 0 Å². The molecule has 4 aromatic rings. The number of ketones is 1. The first-order valence-corrected chi connectivity index (χ1v) is 18.0. The fourth-order valence-corrected chi connectivity index (χ4v) is 8.56. The molecule has 0 amide bonds. The smallest absolute Gasteiger partial charge is 0.170 e. The number of phenols is 1. The molecule has 4 aromatic carbocycles. The molecule has 2 atom stereocenters. The largest absolute Gasteiger partial charge is 0.507 e. The summed E-state index contributed by atoms with van der Waals surface area (Å²) in [4.78, 5) is 13.7. The Bertz CT molecular complexity index is 1860. The molecular formula is C45H51FO3. The van der Waals surface area contributed by atoms with Crippen LogP contribution in [-0.2, 0) is 24.9 Å². The number of carbonyl (C=O) groups excluding carboxylic acids is 1. The summed E-state index contributed by atoms with van der Waals surface area (Å²) >= 11 is 0. The summed E-state index contributed by atoms with van der Waals surface area (Å²) in [6, 6.07) is 21.9. The maximum atomic E-state index is 15.6. The van der Waals surface area contributed by atoms with E-state index >= 15 is 4.39 Å². The lowest BCUT2D eigenvalue weighted by Crippen LogP contribution is -2.22. The van der Waals surface area contributed by atoms with E-state index in [0.29, 0.717) is 29.0 Å². The molecule has 0 heterocycles. The van der Waals surface area contributed by atoms with Crippen molar-refractivity contribution in [1.82, 2.24) is 0 Å². The molecule has 0 saturated heterocycles. The minimum absolute atomic E-state index is 0.0439. The molecule has 49 heavy (non-hydrogen) atoms. The number of carbonyl (C=O) groups is 1. The number of benzene rings is 4. The number of hydrogen-bond donors (Lipinski definition) is 2. The van der Waals surface area contributed by atoms with Crippen molar-refractivity contribution in [1.29, 1.82) is 0 Å².